The smallest absolute Gasteiger partial charge is 0.308 e. The van der Waals surface area contributed by atoms with Gasteiger partial charge in [-0.15, -0.1) is 0 Å². The molecule has 0 aromatic heterocycles. The van der Waals surface area contributed by atoms with E-state index in [0.29, 0.717) is 5.75 Å². The molecule has 0 heterocycles. The Balaban J connectivity index is 2.37. The Morgan fingerprint density at radius 1 is 1.11 bits per heavy atom. The van der Waals surface area contributed by atoms with E-state index >= 15 is 0 Å². The molecule has 0 aliphatic carbocycles. The van der Waals surface area contributed by atoms with Crippen molar-refractivity contribution < 1.29 is 24.0 Å². The van der Waals surface area contributed by atoms with Gasteiger partial charge in [-0.1, -0.05) is 30.3 Å². The van der Waals surface area contributed by atoms with Crippen LogP contribution in [0.5, 0.6) is 5.75 Å². The molecule has 0 saturated heterocycles. The normalized spacial score (nSPS) is 11.6. The van der Waals surface area contributed by atoms with Gasteiger partial charge in [0, 0.05) is 6.07 Å². The van der Waals surface area contributed by atoms with Crippen LogP contribution in [0.15, 0.2) is 48.5 Å². The summed E-state index contributed by atoms with van der Waals surface area (Å²) in [6, 6.07) is 11.6. The Hall–Kier alpha value is -3.42. The average Bonchev–Trinajstić information content (AvgIpc) is 2.66. The van der Waals surface area contributed by atoms with Gasteiger partial charge >= 0.3 is 5.97 Å². The molecular formula is C20H22N2O6. The monoisotopic (exact) mass is 386 g/mol. The molecule has 28 heavy (non-hydrogen) atoms. The zero-order valence-electron chi connectivity index (χ0n) is 15.9. The third kappa shape index (κ3) is 5.29. The van der Waals surface area contributed by atoms with E-state index < -0.39 is 22.8 Å². The fourth-order valence-corrected chi connectivity index (χ4v) is 2.73. The first kappa shape index (κ1) is 20.9. The summed E-state index contributed by atoms with van der Waals surface area (Å²) in [5, 5.41) is 14.1. The van der Waals surface area contributed by atoms with Crippen LogP contribution in [-0.2, 0) is 9.53 Å². The van der Waals surface area contributed by atoms with Crippen molar-refractivity contribution in [2.75, 3.05) is 7.11 Å². The van der Waals surface area contributed by atoms with Gasteiger partial charge in [0.1, 0.15) is 5.75 Å². The van der Waals surface area contributed by atoms with Crippen LogP contribution in [0.1, 0.15) is 42.2 Å². The average molecular weight is 386 g/mol. The molecule has 0 saturated carbocycles. The zero-order valence-corrected chi connectivity index (χ0v) is 15.9. The van der Waals surface area contributed by atoms with Gasteiger partial charge in [-0.25, -0.2) is 0 Å². The Kier molecular flexibility index (Phi) is 7.08. The molecule has 1 amide bonds. The Labute approximate surface area is 162 Å². The van der Waals surface area contributed by atoms with Gasteiger partial charge in [0.2, 0.25) is 0 Å². The lowest BCUT2D eigenvalue weighted by atomic mass is 10.0. The summed E-state index contributed by atoms with van der Waals surface area (Å²) in [5.41, 5.74) is 0.285. The first-order chi connectivity index (χ1) is 13.3. The molecule has 0 radical (unpaired) electrons. The molecular weight excluding hydrogens is 364 g/mol. The molecule has 8 nitrogen and oxygen atoms in total. The number of hydrogen-bond donors (Lipinski definition) is 1. The number of rotatable bonds is 8. The molecule has 0 aliphatic heterocycles. The minimum absolute atomic E-state index is 0.190. The van der Waals surface area contributed by atoms with E-state index in [9.17, 15) is 19.7 Å². The van der Waals surface area contributed by atoms with Gasteiger partial charge in [-0.2, -0.15) is 0 Å². The van der Waals surface area contributed by atoms with E-state index in [1.165, 1.54) is 25.3 Å². The Bertz CT molecular complexity index is 865. The predicted molar refractivity (Wildman–Crippen MR) is 102 cm³/mol. The maximum atomic E-state index is 12.8. The first-order valence-corrected chi connectivity index (χ1v) is 8.70. The number of para-hydroxylation sites is 2. The number of nitrogens with one attached hydrogen (secondary N) is 1. The third-order valence-corrected chi connectivity index (χ3v) is 3.90. The number of ether oxygens (including phenoxy) is 2. The molecule has 2 rings (SSSR count). The summed E-state index contributed by atoms with van der Waals surface area (Å²) in [7, 11) is 1.44. The second-order valence-electron chi connectivity index (χ2n) is 6.28. The van der Waals surface area contributed by atoms with E-state index in [1.54, 1.807) is 44.2 Å². The van der Waals surface area contributed by atoms with Crippen molar-refractivity contribution >= 4 is 17.6 Å². The van der Waals surface area contributed by atoms with Crippen LogP contribution in [0.3, 0.4) is 0 Å². The maximum absolute atomic E-state index is 12.8. The molecule has 2 aromatic rings. The number of nitro benzene ring substituents is 1. The lowest BCUT2D eigenvalue weighted by molar-refractivity contribution is -0.385. The van der Waals surface area contributed by atoms with E-state index in [-0.39, 0.29) is 29.3 Å². The molecule has 0 aliphatic rings. The highest BCUT2D eigenvalue weighted by atomic mass is 16.6. The van der Waals surface area contributed by atoms with E-state index in [1.807, 2.05) is 0 Å². The summed E-state index contributed by atoms with van der Waals surface area (Å²) in [4.78, 5) is 35.8. The number of methoxy groups -OCH3 is 1. The second-order valence-corrected chi connectivity index (χ2v) is 6.28. The molecule has 0 bridgehead atoms. The van der Waals surface area contributed by atoms with Crippen LogP contribution >= 0.6 is 0 Å². The van der Waals surface area contributed by atoms with Crippen molar-refractivity contribution in [2.45, 2.75) is 32.4 Å². The second kappa shape index (κ2) is 9.50. The van der Waals surface area contributed by atoms with Crippen LogP contribution in [0.2, 0.25) is 0 Å². The first-order valence-electron chi connectivity index (χ1n) is 8.70. The molecule has 148 valence electrons. The van der Waals surface area contributed by atoms with Crippen LogP contribution < -0.4 is 10.1 Å². The topological polar surface area (TPSA) is 108 Å². The molecule has 0 fully saturated rings. The number of esters is 1. The van der Waals surface area contributed by atoms with Gasteiger partial charge in [0.25, 0.3) is 11.6 Å². The number of nitro groups is 1. The van der Waals surface area contributed by atoms with E-state index in [0.717, 1.165) is 0 Å². The largest absolute Gasteiger partial charge is 0.496 e. The number of amides is 1. The van der Waals surface area contributed by atoms with E-state index in [2.05, 4.69) is 5.32 Å². The highest BCUT2D eigenvalue weighted by Crippen LogP contribution is 2.28. The van der Waals surface area contributed by atoms with Crippen molar-refractivity contribution in [3.05, 3.63) is 69.8 Å². The van der Waals surface area contributed by atoms with Crippen LogP contribution in [0, 0.1) is 10.1 Å². The lowest BCUT2D eigenvalue weighted by Gasteiger charge is -2.20. The third-order valence-electron chi connectivity index (χ3n) is 3.90. The molecule has 2 aromatic carbocycles. The number of carbonyl (C=O) groups excluding carboxylic acids is 2. The summed E-state index contributed by atoms with van der Waals surface area (Å²) in [6.45, 7) is 3.40. The number of benzene rings is 2. The Morgan fingerprint density at radius 3 is 2.39 bits per heavy atom. The van der Waals surface area contributed by atoms with Gasteiger partial charge in [0.15, 0.2) is 0 Å². The zero-order chi connectivity index (χ0) is 20.7. The van der Waals surface area contributed by atoms with Crippen LogP contribution in [-0.4, -0.2) is 30.0 Å². The van der Waals surface area contributed by atoms with Crippen molar-refractivity contribution in [1.29, 1.82) is 0 Å². The van der Waals surface area contributed by atoms with Gasteiger partial charge in [-0.05, 0) is 26.0 Å². The van der Waals surface area contributed by atoms with Gasteiger partial charge < -0.3 is 14.8 Å². The minimum Gasteiger partial charge on any atom is -0.496 e. The van der Waals surface area contributed by atoms with Crippen LogP contribution in [0.4, 0.5) is 5.69 Å². The summed E-state index contributed by atoms with van der Waals surface area (Å²) in [6.07, 6.45) is -0.590. The van der Waals surface area contributed by atoms with Crippen molar-refractivity contribution in [1.82, 2.24) is 5.32 Å². The molecule has 0 spiro atoms. The highest BCUT2D eigenvalue weighted by Gasteiger charge is 2.27. The fraction of sp³-hybridized carbons (Fsp3) is 0.300. The SMILES string of the molecule is COc1ccccc1C(=O)NC(CC(=O)OC(C)C)c1ccccc1[N+](=O)[O-]. The van der Waals surface area contributed by atoms with Gasteiger partial charge in [-0.3, -0.25) is 19.7 Å². The summed E-state index contributed by atoms with van der Waals surface area (Å²) < 4.78 is 10.3. The standard InChI is InChI=1S/C20H22N2O6/c1-13(2)28-19(23)12-16(14-8-4-6-10-17(14)22(25)26)21-20(24)15-9-5-7-11-18(15)27-3/h4-11,13,16H,12H2,1-3H3,(H,21,24). The van der Waals surface area contributed by atoms with Crippen molar-refractivity contribution in [3.8, 4) is 5.75 Å². The lowest BCUT2D eigenvalue weighted by Crippen LogP contribution is -2.31. The summed E-state index contributed by atoms with van der Waals surface area (Å²) >= 11 is 0. The number of nitrogens with zero attached hydrogens (tertiary/aromatic N) is 1. The molecule has 1 unspecified atom stereocenters. The number of hydrogen-bond acceptors (Lipinski definition) is 6. The molecule has 1 N–H and O–H groups in total. The van der Waals surface area contributed by atoms with Gasteiger partial charge in [0.05, 0.1) is 41.7 Å². The number of carbonyl (C=O) groups is 2. The quantitative estimate of drug-likeness (QED) is 0.423. The predicted octanol–water partition coefficient (Wildman–Crippen LogP) is 3.42. The van der Waals surface area contributed by atoms with Crippen LogP contribution in [0.25, 0.3) is 0 Å². The van der Waals surface area contributed by atoms with Crippen molar-refractivity contribution in [2.24, 2.45) is 0 Å². The summed E-state index contributed by atoms with van der Waals surface area (Å²) in [5.74, 6) is -0.734. The molecule has 8 heteroatoms. The highest BCUT2D eigenvalue weighted by molar-refractivity contribution is 5.97. The molecule has 1 atom stereocenters. The maximum Gasteiger partial charge on any atom is 0.308 e. The Morgan fingerprint density at radius 2 is 1.75 bits per heavy atom. The fourth-order valence-electron chi connectivity index (χ4n) is 2.73. The van der Waals surface area contributed by atoms with E-state index in [4.69, 9.17) is 9.47 Å². The minimum atomic E-state index is -0.940. The van der Waals surface area contributed by atoms with Crippen molar-refractivity contribution in [3.63, 3.8) is 0 Å².